The Morgan fingerprint density at radius 2 is 2.04 bits per heavy atom. The summed E-state index contributed by atoms with van der Waals surface area (Å²) in [6, 6.07) is 10.4. The first-order valence-corrected chi connectivity index (χ1v) is 10.1. The zero-order valence-electron chi connectivity index (χ0n) is 14.9. The van der Waals surface area contributed by atoms with Crippen LogP contribution in [-0.4, -0.2) is 51.0 Å². The van der Waals surface area contributed by atoms with E-state index in [0.29, 0.717) is 12.4 Å². The Balaban J connectivity index is 0.00000312. The fourth-order valence-electron chi connectivity index (χ4n) is 2.47. The predicted octanol–water partition coefficient (Wildman–Crippen LogP) is 2.32. The summed E-state index contributed by atoms with van der Waals surface area (Å²) >= 11 is 0. The zero-order chi connectivity index (χ0) is 17.6. The number of hydrogen-bond donors (Lipinski definition) is 3. The minimum atomic E-state index is -2.93. The van der Waals surface area contributed by atoms with Crippen LogP contribution in [0.4, 0.5) is 0 Å². The summed E-state index contributed by atoms with van der Waals surface area (Å²) in [4.78, 5) is 7.58. The average molecular weight is 478 g/mol. The van der Waals surface area contributed by atoms with E-state index in [1.807, 2.05) is 19.1 Å². The predicted molar refractivity (Wildman–Crippen MR) is 116 cm³/mol. The van der Waals surface area contributed by atoms with Gasteiger partial charge in [-0.1, -0.05) is 18.2 Å². The molecule has 0 fully saturated rings. The first-order valence-electron chi connectivity index (χ1n) is 8.09. The van der Waals surface area contributed by atoms with Crippen molar-refractivity contribution in [2.75, 3.05) is 25.6 Å². The van der Waals surface area contributed by atoms with Crippen molar-refractivity contribution in [3.05, 3.63) is 36.0 Å². The molecule has 0 radical (unpaired) electrons. The molecule has 2 rings (SSSR count). The number of rotatable bonds is 7. The van der Waals surface area contributed by atoms with Gasteiger partial charge in [0.25, 0.3) is 0 Å². The maximum Gasteiger partial charge on any atom is 0.191 e. The van der Waals surface area contributed by atoms with Crippen LogP contribution in [-0.2, 0) is 16.3 Å². The highest BCUT2D eigenvalue weighted by Crippen LogP contribution is 2.14. The molecule has 0 amide bonds. The van der Waals surface area contributed by atoms with Gasteiger partial charge in [0.1, 0.15) is 9.84 Å². The third-order valence-electron chi connectivity index (χ3n) is 3.80. The molecule has 0 saturated carbocycles. The molecular formula is C17H27IN4O2S. The molecule has 1 aromatic carbocycles. The molecule has 0 aliphatic heterocycles. The summed E-state index contributed by atoms with van der Waals surface area (Å²) < 4.78 is 22.4. The van der Waals surface area contributed by atoms with Crippen molar-refractivity contribution in [1.29, 1.82) is 0 Å². The molecule has 1 unspecified atom stereocenters. The van der Waals surface area contributed by atoms with E-state index in [-0.39, 0.29) is 35.8 Å². The van der Waals surface area contributed by atoms with Gasteiger partial charge in [-0.25, -0.2) is 8.42 Å². The van der Waals surface area contributed by atoms with Crippen molar-refractivity contribution in [3.63, 3.8) is 0 Å². The zero-order valence-corrected chi connectivity index (χ0v) is 18.0. The van der Waals surface area contributed by atoms with E-state index >= 15 is 0 Å². The number of sulfone groups is 1. The molecule has 0 bridgehead atoms. The van der Waals surface area contributed by atoms with Crippen LogP contribution >= 0.6 is 24.0 Å². The Morgan fingerprint density at radius 1 is 1.32 bits per heavy atom. The summed E-state index contributed by atoms with van der Waals surface area (Å²) in [6.45, 7) is 2.70. The van der Waals surface area contributed by atoms with Crippen LogP contribution in [0.15, 0.2) is 35.3 Å². The Hall–Kier alpha value is -1.29. The van der Waals surface area contributed by atoms with Gasteiger partial charge in [-0.3, -0.25) is 4.99 Å². The molecule has 0 spiro atoms. The Bertz CT molecular complexity index is 769. The van der Waals surface area contributed by atoms with Crippen LogP contribution in [0.3, 0.4) is 0 Å². The molecule has 140 valence electrons. The first kappa shape index (κ1) is 21.8. The number of H-pyrrole nitrogens is 1. The van der Waals surface area contributed by atoms with Crippen molar-refractivity contribution in [2.24, 2.45) is 4.99 Å². The summed E-state index contributed by atoms with van der Waals surface area (Å²) in [6.07, 6.45) is 2.67. The molecule has 1 atom stereocenters. The quantitative estimate of drug-likeness (QED) is 0.324. The number of aromatic amines is 1. The minimum absolute atomic E-state index is 0. The van der Waals surface area contributed by atoms with Crippen LogP contribution in [0.1, 0.15) is 19.0 Å². The van der Waals surface area contributed by atoms with Gasteiger partial charge in [0.05, 0.1) is 5.75 Å². The van der Waals surface area contributed by atoms with Crippen molar-refractivity contribution in [3.8, 4) is 0 Å². The van der Waals surface area contributed by atoms with Crippen LogP contribution in [0.2, 0.25) is 0 Å². The number of guanidine groups is 1. The highest BCUT2D eigenvalue weighted by Gasteiger charge is 2.09. The summed E-state index contributed by atoms with van der Waals surface area (Å²) in [5, 5.41) is 7.69. The highest BCUT2D eigenvalue weighted by atomic mass is 127. The summed E-state index contributed by atoms with van der Waals surface area (Å²) in [7, 11) is -1.22. The minimum Gasteiger partial charge on any atom is -0.358 e. The maximum atomic E-state index is 11.2. The number of benzene rings is 1. The lowest BCUT2D eigenvalue weighted by Gasteiger charge is -2.17. The molecule has 0 aliphatic carbocycles. The van der Waals surface area contributed by atoms with E-state index in [1.165, 1.54) is 17.3 Å². The van der Waals surface area contributed by atoms with Gasteiger partial charge in [0.2, 0.25) is 0 Å². The molecular weight excluding hydrogens is 451 g/mol. The first-order chi connectivity index (χ1) is 11.4. The number of nitrogens with zero attached hydrogens (tertiary/aromatic N) is 1. The third kappa shape index (κ3) is 7.64. The second-order valence-corrected chi connectivity index (χ2v) is 8.35. The highest BCUT2D eigenvalue weighted by molar-refractivity contribution is 14.0. The third-order valence-corrected chi connectivity index (χ3v) is 4.78. The lowest BCUT2D eigenvalue weighted by atomic mass is 10.2. The molecule has 3 N–H and O–H groups in total. The summed E-state index contributed by atoms with van der Waals surface area (Å²) in [5.41, 5.74) is 2.31. The van der Waals surface area contributed by atoms with Crippen molar-refractivity contribution < 1.29 is 8.42 Å². The van der Waals surface area contributed by atoms with E-state index < -0.39 is 9.84 Å². The molecule has 1 aromatic heterocycles. The number of halogens is 1. The normalized spacial score (nSPS) is 13.3. The van der Waals surface area contributed by atoms with Gasteiger partial charge in [-0.15, -0.1) is 24.0 Å². The van der Waals surface area contributed by atoms with E-state index in [0.717, 1.165) is 18.5 Å². The Kier molecular flexibility index (Phi) is 8.70. The molecule has 25 heavy (non-hydrogen) atoms. The number of fused-ring (bicyclic) bond motifs is 1. The number of aliphatic imine (C=N–C) groups is 1. The number of aromatic nitrogens is 1. The van der Waals surface area contributed by atoms with Crippen LogP contribution in [0, 0.1) is 0 Å². The second-order valence-electron chi connectivity index (χ2n) is 6.09. The smallest absolute Gasteiger partial charge is 0.191 e. The molecule has 6 nitrogen and oxygen atoms in total. The van der Waals surface area contributed by atoms with E-state index in [2.05, 4.69) is 38.8 Å². The van der Waals surface area contributed by atoms with Gasteiger partial charge in [0, 0.05) is 43.5 Å². The van der Waals surface area contributed by atoms with E-state index in [1.54, 1.807) is 7.05 Å². The lowest BCUT2D eigenvalue weighted by molar-refractivity contribution is 0.581. The van der Waals surface area contributed by atoms with Crippen molar-refractivity contribution >= 4 is 50.7 Å². The topological polar surface area (TPSA) is 86.3 Å². The van der Waals surface area contributed by atoms with Gasteiger partial charge in [-0.2, -0.15) is 0 Å². The SMILES string of the molecule is CN=C(NCCc1cc2ccccc2[nH]1)NC(C)CCS(C)(=O)=O.I. The van der Waals surface area contributed by atoms with Crippen LogP contribution < -0.4 is 10.6 Å². The standard InChI is InChI=1S/C17H26N4O2S.HI/c1-13(9-11-24(3,22)23)20-17(18-2)19-10-8-15-12-14-6-4-5-7-16(14)21-15;/h4-7,12-13,21H,8-11H2,1-3H3,(H2,18,19,20);1H. The Labute approximate surface area is 166 Å². The maximum absolute atomic E-state index is 11.2. The Morgan fingerprint density at radius 3 is 2.68 bits per heavy atom. The van der Waals surface area contributed by atoms with E-state index in [9.17, 15) is 8.42 Å². The fraction of sp³-hybridized carbons (Fsp3) is 0.471. The van der Waals surface area contributed by atoms with Gasteiger partial charge in [-0.05, 0) is 30.9 Å². The fourth-order valence-corrected chi connectivity index (χ4v) is 3.26. The van der Waals surface area contributed by atoms with Crippen LogP contribution in [0.5, 0.6) is 0 Å². The van der Waals surface area contributed by atoms with Gasteiger partial charge in [0.15, 0.2) is 5.96 Å². The number of para-hydroxylation sites is 1. The molecule has 1 heterocycles. The molecule has 2 aromatic rings. The van der Waals surface area contributed by atoms with Crippen LogP contribution in [0.25, 0.3) is 10.9 Å². The average Bonchev–Trinajstić information content (AvgIpc) is 2.94. The van der Waals surface area contributed by atoms with Crippen molar-refractivity contribution in [1.82, 2.24) is 15.6 Å². The van der Waals surface area contributed by atoms with Gasteiger partial charge >= 0.3 is 0 Å². The van der Waals surface area contributed by atoms with E-state index in [4.69, 9.17) is 0 Å². The molecule has 0 saturated heterocycles. The monoisotopic (exact) mass is 478 g/mol. The summed E-state index contributed by atoms with van der Waals surface area (Å²) in [5.74, 6) is 0.861. The number of nitrogens with one attached hydrogen (secondary N) is 3. The van der Waals surface area contributed by atoms with Gasteiger partial charge < -0.3 is 15.6 Å². The molecule has 8 heteroatoms. The lowest BCUT2D eigenvalue weighted by Crippen LogP contribution is -2.43. The van der Waals surface area contributed by atoms with Crippen molar-refractivity contribution in [2.45, 2.75) is 25.8 Å². The number of hydrogen-bond acceptors (Lipinski definition) is 3. The molecule has 0 aliphatic rings. The second kappa shape index (κ2) is 10.0. The largest absolute Gasteiger partial charge is 0.358 e.